The molecule has 0 aromatic heterocycles. The lowest BCUT2D eigenvalue weighted by atomic mass is 9.49. The average molecular weight is 262 g/mol. The summed E-state index contributed by atoms with van der Waals surface area (Å²) < 4.78 is 0. The lowest BCUT2D eigenvalue weighted by Crippen LogP contribution is -2.52. The smallest absolute Gasteiger partial charge is 0.223 e. The zero-order valence-electron chi connectivity index (χ0n) is 11.9. The molecule has 4 aliphatic carbocycles. The fourth-order valence-corrected chi connectivity index (χ4v) is 5.87. The van der Waals surface area contributed by atoms with Gasteiger partial charge in [-0.3, -0.25) is 4.79 Å². The van der Waals surface area contributed by atoms with Gasteiger partial charge >= 0.3 is 0 Å². The van der Waals surface area contributed by atoms with Crippen LogP contribution in [-0.4, -0.2) is 37.0 Å². The highest BCUT2D eigenvalue weighted by molar-refractivity contribution is 5.76. The van der Waals surface area contributed by atoms with Crippen molar-refractivity contribution in [3.8, 4) is 0 Å². The number of hydrogen-bond donors (Lipinski definition) is 1. The predicted molar refractivity (Wildman–Crippen MR) is 74.7 cm³/mol. The summed E-state index contributed by atoms with van der Waals surface area (Å²) in [5.41, 5.74) is 0.509. The third kappa shape index (κ3) is 2.20. The number of amides is 1. The van der Waals surface area contributed by atoms with Gasteiger partial charge in [0.25, 0.3) is 0 Å². The largest absolute Gasteiger partial charge is 0.341 e. The molecule has 1 amide bonds. The maximum Gasteiger partial charge on any atom is 0.223 e. The predicted octanol–water partition coefficient (Wildman–Crippen LogP) is 2.02. The van der Waals surface area contributed by atoms with Gasteiger partial charge < -0.3 is 10.2 Å². The summed E-state index contributed by atoms with van der Waals surface area (Å²) in [7, 11) is 0. The van der Waals surface area contributed by atoms with E-state index in [-0.39, 0.29) is 0 Å². The van der Waals surface area contributed by atoms with E-state index in [1.165, 1.54) is 38.5 Å². The van der Waals surface area contributed by atoms with E-state index in [2.05, 4.69) is 10.2 Å². The van der Waals surface area contributed by atoms with Crippen LogP contribution in [0, 0.1) is 23.2 Å². The molecule has 0 spiro atoms. The van der Waals surface area contributed by atoms with Crippen LogP contribution in [-0.2, 0) is 4.79 Å². The second kappa shape index (κ2) is 4.47. The molecular weight excluding hydrogens is 236 g/mol. The Morgan fingerprint density at radius 2 is 1.68 bits per heavy atom. The third-order valence-corrected chi connectivity index (χ3v) is 6.12. The van der Waals surface area contributed by atoms with Gasteiger partial charge in [-0.05, 0) is 61.7 Å². The highest BCUT2D eigenvalue weighted by Crippen LogP contribution is 2.60. The Balaban J connectivity index is 1.50. The van der Waals surface area contributed by atoms with Gasteiger partial charge in [0, 0.05) is 32.6 Å². The zero-order chi connectivity index (χ0) is 12.9. The lowest BCUT2D eigenvalue weighted by Gasteiger charge is -2.57. The van der Waals surface area contributed by atoms with E-state index in [9.17, 15) is 4.79 Å². The van der Waals surface area contributed by atoms with Crippen molar-refractivity contribution < 1.29 is 4.79 Å². The van der Waals surface area contributed by atoms with E-state index < -0.39 is 0 Å². The number of carbonyl (C=O) groups excluding carboxylic acids is 1. The number of nitrogens with zero attached hydrogens (tertiary/aromatic N) is 1. The van der Waals surface area contributed by atoms with E-state index in [1.807, 2.05) is 0 Å². The summed E-state index contributed by atoms with van der Waals surface area (Å²) in [6.07, 6.45) is 9.42. The Morgan fingerprint density at radius 3 is 2.32 bits per heavy atom. The number of hydrogen-bond acceptors (Lipinski definition) is 2. The highest BCUT2D eigenvalue weighted by atomic mass is 16.2. The van der Waals surface area contributed by atoms with Crippen molar-refractivity contribution >= 4 is 5.91 Å². The Bertz CT molecular complexity index is 344. The zero-order valence-corrected chi connectivity index (χ0v) is 11.9. The molecule has 106 valence electrons. The summed E-state index contributed by atoms with van der Waals surface area (Å²) in [4.78, 5) is 14.4. The fraction of sp³-hybridized carbons (Fsp3) is 0.938. The van der Waals surface area contributed by atoms with Gasteiger partial charge in [-0.2, -0.15) is 0 Å². The second-order valence-electron chi connectivity index (χ2n) is 7.73. The molecule has 4 saturated carbocycles. The van der Waals surface area contributed by atoms with Crippen molar-refractivity contribution in [3.63, 3.8) is 0 Å². The van der Waals surface area contributed by atoms with E-state index in [0.29, 0.717) is 17.7 Å². The molecule has 1 saturated heterocycles. The van der Waals surface area contributed by atoms with Crippen molar-refractivity contribution in [1.29, 1.82) is 0 Å². The van der Waals surface area contributed by atoms with Crippen molar-refractivity contribution in [2.24, 2.45) is 23.2 Å². The Morgan fingerprint density at radius 1 is 1.05 bits per heavy atom. The molecule has 0 atom stereocenters. The molecule has 19 heavy (non-hydrogen) atoms. The molecule has 0 radical (unpaired) electrons. The van der Waals surface area contributed by atoms with Crippen molar-refractivity contribution in [2.45, 2.75) is 44.9 Å². The van der Waals surface area contributed by atoms with Crippen LogP contribution in [0.2, 0.25) is 0 Å². The molecule has 5 rings (SSSR count). The van der Waals surface area contributed by atoms with E-state index >= 15 is 0 Å². The summed E-state index contributed by atoms with van der Waals surface area (Å²) in [6.45, 7) is 3.85. The van der Waals surface area contributed by atoms with Crippen LogP contribution < -0.4 is 5.32 Å². The molecule has 0 aromatic carbocycles. The fourth-order valence-electron chi connectivity index (χ4n) is 5.87. The first-order valence-electron chi connectivity index (χ1n) is 8.21. The van der Waals surface area contributed by atoms with E-state index in [4.69, 9.17) is 0 Å². The van der Waals surface area contributed by atoms with Crippen LogP contribution in [0.3, 0.4) is 0 Å². The third-order valence-electron chi connectivity index (χ3n) is 6.12. The first-order chi connectivity index (χ1) is 9.22. The van der Waals surface area contributed by atoms with E-state index in [0.717, 1.165) is 43.9 Å². The van der Waals surface area contributed by atoms with Crippen LogP contribution in [0.5, 0.6) is 0 Å². The first-order valence-corrected chi connectivity index (χ1v) is 8.21. The first kappa shape index (κ1) is 12.2. The molecule has 1 N–H and O–H groups in total. The van der Waals surface area contributed by atoms with Gasteiger partial charge in [0.05, 0.1) is 0 Å². The topological polar surface area (TPSA) is 32.3 Å². The molecule has 4 bridgehead atoms. The van der Waals surface area contributed by atoms with Crippen molar-refractivity contribution in [1.82, 2.24) is 10.2 Å². The van der Waals surface area contributed by atoms with Gasteiger partial charge in [0.2, 0.25) is 5.91 Å². The summed E-state index contributed by atoms with van der Waals surface area (Å²) >= 11 is 0. The second-order valence-corrected chi connectivity index (χ2v) is 7.73. The standard InChI is InChI=1S/C16H26N2O/c19-15-1-2-17-3-4-18(15)11-16-8-12-5-13(9-16)7-14(6-12)10-16/h12-14,17H,1-11H2. The Labute approximate surface area is 116 Å². The summed E-state index contributed by atoms with van der Waals surface area (Å²) in [5, 5.41) is 3.35. The van der Waals surface area contributed by atoms with Crippen LogP contribution in [0.4, 0.5) is 0 Å². The average Bonchev–Trinajstić information content (AvgIpc) is 2.53. The van der Waals surface area contributed by atoms with Crippen LogP contribution >= 0.6 is 0 Å². The minimum atomic E-state index is 0.390. The maximum atomic E-state index is 12.2. The van der Waals surface area contributed by atoms with Crippen LogP contribution in [0.15, 0.2) is 0 Å². The van der Waals surface area contributed by atoms with Crippen molar-refractivity contribution in [2.75, 3.05) is 26.2 Å². The van der Waals surface area contributed by atoms with Gasteiger partial charge in [-0.15, -0.1) is 0 Å². The number of nitrogens with one attached hydrogen (secondary N) is 1. The SMILES string of the molecule is O=C1CCNCCN1CC12CC3CC(CC(C3)C1)C2. The minimum absolute atomic E-state index is 0.390. The van der Waals surface area contributed by atoms with Gasteiger partial charge in [-0.1, -0.05) is 0 Å². The molecule has 5 aliphatic rings. The Kier molecular flexibility index (Phi) is 2.87. The number of carbonyl (C=O) groups is 1. The molecule has 1 heterocycles. The van der Waals surface area contributed by atoms with Crippen LogP contribution in [0.1, 0.15) is 44.9 Å². The van der Waals surface area contributed by atoms with E-state index in [1.54, 1.807) is 0 Å². The Hall–Kier alpha value is -0.570. The molecule has 3 nitrogen and oxygen atoms in total. The summed E-state index contributed by atoms with van der Waals surface area (Å²) in [6, 6.07) is 0. The maximum absolute atomic E-state index is 12.2. The van der Waals surface area contributed by atoms with Gasteiger partial charge in [-0.25, -0.2) is 0 Å². The van der Waals surface area contributed by atoms with Crippen molar-refractivity contribution in [3.05, 3.63) is 0 Å². The minimum Gasteiger partial charge on any atom is -0.341 e. The number of rotatable bonds is 2. The monoisotopic (exact) mass is 262 g/mol. The van der Waals surface area contributed by atoms with Gasteiger partial charge in [0.1, 0.15) is 0 Å². The summed E-state index contributed by atoms with van der Waals surface area (Å²) in [5.74, 6) is 3.37. The molecule has 3 heteroatoms. The van der Waals surface area contributed by atoms with Gasteiger partial charge in [0.15, 0.2) is 0 Å². The lowest BCUT2D eigenvalue weighted by molar-refractivity contribution is -0.136. The molecular formula is C16H26N2O. The normalized spacial score (nSPS) is 45.6. The molecule has 0 unspecified atom stereocenters. The van der Waals surface area contributed by atoms with Crippen LogP contribution in [0.25, 0.3) is 0 Å². The molecule has 0 aromatic rings. The molecule has 1 aliphatic heterocycles. The highest BCUT2D eigenvalue weighted by Gasteiger charge is 2.51. The quantitative estimate of drug-likeness (QED) is 0.826. The molecule has 5 fully saturated rings.